The predicted molar refractivity (Wildman–Crippen MR) is 62.9 cm³/mol. The molecule has 0 saturated heterocycles. The van der Waals surface area contributed by atoms with Gasteiger partial charge in [0.2, 0.25) is 5.91 Å². The van der Waals surface area contributed by atoms with Gasteiger partial charge >= 0.3 is 0 Å². The summed E-state index contributed by atoms with van der Waals surface area (Å²) >= 11 is 0. The summed E-state index contributed by atoms with van der Waals surface area (Å²) in [6.07, 6.45) is 0.256. The lowest BCUT2D eigenvalue weighted by molar-refractivity contribution is -0.133. The van der Waals surface area contributed by atoms with Crippen molar-refractivity contribution in [1.82, 2.24) is 5.48 Å². The minimum absolute atomic E-state index is 0.194. The lowest BCUT2D eigenvalue weighted by atomic mass is 10.3. The second-order valence-electron chi connectivity index (χ2n) is 3.23. The molecule has 0 aliphatic carbocycles. The molecule has 0 heterocycles. The van der Waals surface area contributed by atoms with E-state index in [1.165, 1.54) is 0 Å². The van der Waals surface area contributed by atoms with Crippen molar-refractivity contribution in [2.75, 3.05) is 20.3 Å². The van der Waals surface area contributed by atoms with Crippen LogP contribution >= 0.6 is 0 Å². The van der Waals surface area contributed by atoms with Crippen LogP contribution in [0.4, 0.5) is 0 Å². The Morgan fingerprint density at radius 3 is 2.47 bits per heavy atom. The molecule has 0 bridgehead atoms. The molecule has 5 nitrogen and oxygen atoms in total. The molecule has 0 aromatic heterocycles. The van der Waals surface area contributed by atoms with Gasteiger partial charge in [-0.05, 0) is 31.2 Å². The molecule has 94 valence electrons. The summed E-state index contributed by atoms with van der Waals surface area (Å²) in [4.78, 5) is 15.9. The van der Waals surface area contributed by atoms with Crippen LogP contribution < -0.4 is 15.0 Å². The number of carbonyl (C=O) groups excluding carboxylic acids is 1. The van der Waals surface area contributed by atoms with Gasteiger partial charge in [-0.3, -0.25) is 9.63 Å². The molecule has 0 aliphatic heterocycles. The van der Waals surface area contributed by atoms with Crippen LogP contribution in [0.3, 0.4) is 0 Å². The SMILES string of the molecule is CCONC(=O)CCOc1ccc(OC)cc1. The van der Waals surface area contributed by atoms with Crippen LogP contribution in [0, 0.1) is 0 Å². The molecule has 0 fully saturated rings. The Bertz CT molecular complexity index is 337. The van der Waals surface area contributed by atoms with Gasteiger partial charge in [-0.25, -0.2) is 5.48 Å². The molecule has 0 atom stereocenters. The van der Waals surface area contributed by atoms with Crippen molar-refractivity contribution in [3.63, 3.8) is 0 Å². The predicted octanol–water partition coefficient (Wildman–Crippen LogP) is 1.53. The highest BCUT2D eigenvalue weighted by Gasteiger charge is 2.01. The minimum Gasteiger partial charge on any atom is -0.497 e. The molecule has 0 saturated carbocycles. The average molecular weight is 239 g/mol. The summed E-state index contributed by atoms with van der Waals surface area (Å²) in [5, 5.41) is 0. The maximum Gasteiger partial charge on any atom is 0.246 e. The van der Waals surface area contributed by atoms with E-state index in [0.29, 0.717) is 19.0 Å². The van der Waals surface area contributed by atoms with Crippen LogP contribution in [-0.4, -0.2) is 26.2 Å². The number of ether oxygens (including phenoxy) is 2. The topological polar surface area (TPSA) is 56.8 Å². The van der Waals surface area contributed by atoms with Crippen molar-refractivity contribution >= 4 is 5.91 Å². The smallest absolute Gasteiger partial charge is 0.246 e. The summed E-state index contributed by atoms with van der Waals surface area (Å²) < 4.78 is 10.4. The van der Waals surface area contributed by atoms with Crippen LogP contribution in [0.5, 0.6) is 11.5 Å². The number of nitrogens with one attached hydrogen (secondary N) is 1. The highest BCUT2D eigenvalue weighted by molar-refractivity contribution is 5.74. The number of benzene rings is 1. The first kappa shape index (κ1) is 13.3. The Labute approximate surface area is 101 Å². The first-order valence-corrected chi connectivity index (χ1v) is 5.43. The summed E-state index contributed by atoms with van der Waals surface area (Å²) in [6, 6.07) is 7.18. The standard InChI is InChI=1S/C12H17NO4/c1-3-17-13-12(14)8-9-16-11-6-4-10(15-2)5-7-11/h4-7H,3,8-9H2,1-2H3,(H,13,14). The highest BCUT2D eigenvalue weighted by atomic mass is 16.6. The fourth-order valence-corrected chi connectivity index (χ4v) is 1.14. The van der Waals surface area contributed by atoms with Crippen molar-refractivity contribution in [3.05, 3.63) is 24.3 Å². The fraction of sp³-hybridized carbons (Fsp3) is 0.417. The van der Waals surface area contributed by atoms with E-state index < -0.39 is 0 Å². The molecule has 0 radical (unpaired) electrons. The minimum atomic E-state index is -0.194. The molecule has 5 heteroatoms. The van der Waals surface area contributed by atoms with Crippen LogP contribution in [0.25, 0.3) is 0 Å². The van der Waals surface area contributed by atoms with Gasteiger partial charge in [0.25, 0.3) is 0 Å². The van der Waals surface area contributed by atoms with E-state index in [-0.39, 0.29) is 12.3 Å². The van der Waals surface area contributed by atoms with Crippen molar-refractivity contribution in [3.8, 4) is 11.5 Å². The Morgan fingerprint density at radius 1 is 1.24 bits per heavy atom. The Hall–Kier alpha value is -1.75. The number of rotatable bonds is 7. The van der Waals surface area contributed by atoms with E-state index in [4.69, 9.17) is 14.3 Å². The van der Waals surface area contributed by atoms with Gasteiger partial charge in [0.15, 0.2) is 0 Å². The van der Waals surface area contributed by atoms with Gasteiger partial charge < -0.3 is 9.47 Å². The van der Waals surface area contributed by atoms with Gasteiger partial charge in [-0.1, -0.05) is 0 Å². The number of hydrogen-bond donors (Lipinski definition) is 1. The van der Waals surface area contributed by atoms with Gasteiger partial charge in [-0.15, -0.1) is 0 Å². The van der Waals surface area contributed by atoms with E-state index in [0.717, 1.165) is 5.75 Å². The lowest BCUT2D eigenvalue weighted by Crippen LogP contribution is -2.25. The third-order valence-corrected chi connectivity index (χ3v) is 1.99. The highest BCUT2D eigenvalue weighted by Crippen LogP contribution is 2.16. The van der Waals surface area contributed by atoms with Crippen molar-refractivity contribution in [2.45, 2.75) is 13.3 Å². The summed E-state index contributed by atoms with van der Waals surface area (Å²) in [5.41, 5.74) is 2.30. The first-order chi connectivity index (χ1) is 8.26. The molecule has 0 aliphatic rings. The Morgan fingerprint density at radius 2 is 1.88 bits per heavy atom. The van der Waals surface area contributed by atoms with Crippen LogP contribution in [-0.2, 0) is 9.63 Å². The second kappa shape index (κ2) is 7.51. The summed E-state index contributed by atoms with van der Waals surface area (Å²) in [7, 11) is 1.61. The normalized spacial score (nSPS) is 9.76. The molecular weight excluding hydrogens is 222 g/mol. The van der Waals surface area contributed by atoms with Crippen LogP contribution in [0.15, 0.2) is 24.3 Å². The largest absolute Gasteiger partial charge is 0.497 e. The second-order valence-corrected chi connectivity index (χ2v) is 3.23. The third-order valence-electron chi connectivity index (χ3n) is 1.99. The zero-order valence-electron chi connectivity index (χ0n) is 10.1. The zero-order valence-corrected chi connectivity index (χ0v) is 10.1. The third kappa shape index (κ3) is 5.21. The van der Waals surface area contributed by atoms with E-state index in [9.17, 15) is 4.79 Å². The van der Waals surface area contributed by atoms with E-state index in [2.05, 4.69) is 5.48 Å². The number of amides is 1. The lowest BCUT2D eigenvalue weighted by Gasteiger charge is -2.07. The maximum absolute atomic E-state index is 11.2. The molecule has 1 aromatic rings. The molecule has 1 rings (SSSR count). The molecular formula is C12H17NO4. The average Bonchev–Trinajstić information content (AvgIpc) is 2.37. The van der Waals surface area contributed by atoms with E-state index in [1.807, 2.05) is 0 Å². The molecule has 17 heavy (non-hydrogen) atoms. The molecule has 1 N–H and O–H groups in total. The van der Waals surface area contributed by atoms with Crippen LogP contribution in [0.1, 0.15) is 13.3 Å². The van der Waals surface area contributed by atoms with Crippen LogP contribution in [0.2, 0.25) is 0 Å². The first-order valence-electron chi connectivity index (χ1n) is 5.43. The molecule has 0 unspecified atom stereocenters. The van der Waals surface area contributed by atoms with Crippen molar-refractivity contribution in [2.24, 2.45) is 0 Å². The quantitative estimate of drug-likeness (QED) is 0.733. The van der Waals surface area contributed by atoms with Gasteiger partial charge in [0.1, 0.15) is 11.5 Å². The van der Waals surface area contributed by atoms with Gasteiger partial charge in [-0.2, -0.15) is 0 Å². The molecule has 1 amide bonds. The summed E-state index contributed by atoms with van der Waals surface area (Å²) in [5.74, 6) is 1.28. The zero-order chi connectivity index (χ0) is 12.5. The van der Waals surface area contributed by atoms with Crippen molar-refractivity contribution < 1.29 is 19.1 Å². The maximum atomic E-state index is 11.2. The fourth-order valence-electron chi connectivity index (χ4n) is 1.14. The van der Waals surface area contributed by atoms with Crippen molar-refractivity contribution in [1.29, 1.82) is 0 Å². The Kier molecular flexibility index (Phi) is 5.88. The van der Waals surface area contributed by atoms with Gasteiger partial charge in [0, 0.05) is 0 Å². The number of methoxy groups -OCH3 is 1. The van der Waals surface area contributed by atoms with Gasteiger partial charge in [0.05, 0.1) is 26.7 Å². The molecule has 1 aromatic carbocycles. The molecule has 0 spiro atoms. The monoisotopic (exact) mass is 239 g/mol. The van der Waals surface area contributed by atoms with E-state index >= 15 is 0 Å². The number of hydroxylamine groups is 1. The van der Waals surface area contributed by atoms with E-state index in [1.54, 1.807) is 38.3 Å². The number of hydrogen-bond acceptors (Lipinski definition) is 4. The summed E-state index contributed by atoms with van der Waals surface area (Å²) in [6.45, 7) is 2.56. The Balaban J connectivity index is 2.23. The number of carbonyl (C=O) groups is 1.